The van der Waals surface area contributed by atoms with Crippen molar-refractivity contribution in [3.8, 4) is 5.75 Å². The number of nitrogens with zero attached hydrogens (tertiary/aromatic N) is 2. The van der Waals surface area contributed by atoms with Crippen molar-refractivity contribution < 1.29 is 17.9 Å². The van der Waals surface area contributed by atoms with Gasteiger partial charge in [-0.15, -0.1) is 0 Å². The van der Waals surface area contributed by atoms with Gasteiger partial charge in [-0.3, -0.25) is 9.52 Å². The van der Waals surface area contributed by atoms with Gasteiger partial charge >= 0.3 is 0 Å². The number of hydrogen-bond donors (Lipinski definition) is 1. The average Bonchev–Trinajstić information content (AvgIpc) is 3.24. The molecule has 3 aromatic carbocycles. The van der Waals surface area contributed by atoms with E-state index in [4.69, 9.17) is 4.74 Å². The van der Waals surface area contributed by atoms with Gasteiger partial charge in [-0.2, -0.15) is 5.10 Å². The lowest BCUT2D eigenvalue weighted by atomic mass is 9.97. The summed E-state index contributed by atoms with van der Waals surface area (Å²) in [5.74, 6) is 0.448. The summed E-state index contributed by atoms with van der Waals surface area (Å²) in [6.07, 6.45) is 1.53. The highest BCUT2D eigenvalue weighted by Crippen LogP contribution is 2.36. The van der Waals surface area contributed by atoms with Crippen LogP contribution in [0.3, 0.4) is 0 Å². The molecular formula is C24H23N3O4S. The molecule has 4 rings (SSSR count). The molecule has 0 saturated carbocycles. The lowest BCUT2D eigenvalue weighted by Crippen LogP contribution is -2.27. The van der Waals surface area contributed by atoms with E-state index in [1.54, 1.807) is 49.6 Å². The molecule has 1 amide bonds. The highest BCUT2D eigenvalue weighted by atomic mass is 32.2. The van der Waals surface area contributed by atoms with E-state index in [1.807, 2.05) is 36.4 Å². The van der Waals surface area contributed by atoms with E-state index in [9.17, 15) is 13.2 Å². The summed E-state index contributed by atoms with van der Waals surface area (Å²) in [6, 6.07) is 23.2. The normalized spacial score (nSPS) is 15.9. The van der Waals surface area contributed by atoms with Crippen LogP contribution in [0, 0.1) is 0 Å². The van der Waals surface area contributed by atoms with Crippen LogP contribution in [-0.2, 0) is 10.0 Å². The van der Waals surface area contributed by atoms with Gasteiger partial charge in [0, 0.05) is 17.5 Å². The minimum Gasteiger partial charge on any atom is -0.497 e. The lowest BCUT2D eigenvalue weighted by Gasteiger charge is -2.22. The van der Waals surface area contributed by atoms with Gasteiger partial charge in [-0.05, 0) is 35.9 Å². The molecular weight excluding hydrogens is 426 g/mol. The summed E-state index contributed by atoms with van der Waals surface area (Å²) in [5, 5.41) is 6.13. The molecule has 7 nitrogen and oxygen atoms in total. The molecule has 0 aliphatic carbocycles. The Labute approximate surface area is 187 Å². The van der Waals surface area contributed by atoms with Gasteiger partial charge in [0.25, 0.3) is 5.91 Å². The van der Waals surface area contributed by atoms with Gasteiger partial charge in [0.15, 0.2) is 0 Å². The lowest BCUT2D eigenvalue weighted by molar-refractivity contribution is 0.0711. The van der Waals surface area contributed by atoms with Gasteiger partial charge in [0.2, 0.25) is 10.0 Å². The molecule has 8 heteroatoms. The fourth-order valence-corrected chi connectivity index (χ4v) is 4.28. The second-order valence-electron chi connectivity index (χ2n) is 7.48. The number of methoxy groups -OCH3 is 1. The number of benzene rings is 3. The van der Waals surface area contributed by atoms with Crippen LogP contribution in [0.5, 0.6) is 5.75 Å². The first kappa shape index (κ1) is 21.6. The number of anilines is 1. The zero-order valence-corrected chi connectivity index (χ0v) is 18.5. The summed E-state index contributed by atoms with van der Waals surface area (Å²) in [7, 11) is -1.89. The maximum Gasteiger partial charge on any atom is 0.274 e. The van der Waals surface area contributed by atoms with E-state index in [0.29, 0.717) is 34.7 Å². The van der Waals surface area contributed by atoms with Gasteiger partial charge in [-0.1, -0.05) is 48.5 Å². The molecule has 0 saturated heterocycles. The second-order valence-corrected chi connectivity index (χ2v) is 9.23. The van der Waals surface area contributed by atoms with Crippen LogP contribution < -0.4 is 9.46 Å². The summed E-state index contributed by atoms with van der Waals surface area (Å²) in [5.41, 5.74) is 3.07. The van der Waals surface area contributed by atoms with Crippen molar-refractivity contribution >= 4 is 27.3 Å². The maximum absolute atomic E-state index is 13.4. The molecule has 3 aromatic rings. The van der Waals surface area contributed by atoms with Crippen molar-refractivity contribution in [1.29, 1.82) is 0 Å². The van der Waals surface area contributed by atoms with Crippen LogP contribution in [-0.4, -0.2) is 38.4 Å². The number of hydrazone groups is 1. The molecule has 0 aromatic heterocycles. The first-order valence-electron chi connectivity index (χ1n) is 10.0. The number of ether oxygens (including phenoxy) is 1. The van der Waals surface area contributed by atoms with Crippen molar-refractivity contribution in [3.05, 3.63) is 95.6 Å². The first-order valence-corrected chi connectivity index (χ1v) is 11.9. The fourth-order valence-electron chi connectivity index (χ4n) is 3.71. The molecule has 1 N–H and O–H groups in total. The first-order chi connectivity index (χ1) is 15.4. The Kier molecular flexibility index (Phi) is 5.96. The summed E-state index contributed by atoms with van der Waals surface area (Å²) >= 11 is 0. The monoisotopic (exact) mass is 449 g/mol. The van der Waals surface area contributed by atoms with E-state index >= 15 is 0 Å². The molecule has 1 aliphatic heterocycles. The molecule has 32 heavy (non-hydrogen) atoms. The van der Waals surface area contributed by atoms with Crippen LogP contribution >= 0.6 is 0 Å². The quantitative estimate of drug-likeness (QED) is 0.615. The highest BCUT2D eigenvalue weighted by Gasteiger charge is 2.34. The van der Waals surface area contributed by atoms with Crippen molar-refractivity contribution in [3.63, 3.8) is 0 Å². The predicted molar refractivity (Wildman–Crippen MR) is 124 cm³/mol. The van der Waals surface area contributed by atoms with Crippen molar-refractivity contribution in [2.24, 2.45) is 5.10 Å². The number of hydrogen-bond acceptors (Lipinski definition) is 5. The van der Waals surface area contributed by atoms with E-state index in [2.05, 4.69) is 9.82 Å². The van der Waals surface area contributed by atoms with Crippen LogP contribution in [0.4, 0.5) is 5.69 Å². The molecule has 1 aliphatic rings. The van der Waals surface area contributed by atoms with Crippen molar-refractivity contribution in [1.82, 2.24) is 5.01 Å². The Morgan fingerprint density at radius 2 is 1.75 bits per heavy atom. The number of amides is 1. The molecule has 0 bridgehead atoms. The Morgan fingerprint density at radius 3 is 2.47 bits per heavy atom. The minimum absolute atomic E-state index is 0.234. The Morgan fingerprint density at radius 1 is 1.03 bits per heavy atom. The zero-order valence-electron chi connectivity index (χ0n) is 17.7. The summed E-state index contributed by atoms with van der Waals surface area (Å²) in [4.78, 5) is 13.4. The van der Waals surface area contributed by atoms with E-state index in [1.165, 1.54) is 5.01 Å². The number of carbonyl (C=O) groups is 1. The van der Waals surface area contributed by atoms with Crippen LogP contribution in [0.2, 0.25) is 0 Å². The number of carbonyl (C=O) groups excluding carboxylic acids is 1. The number of nitrogens with one attached hydrogen (secondary N) is 1. The standard InChI is InChI=1S/C24H23N3O4S/c1-31-19-12-8-11-18(15-19)23-16-22(20-13-6-7-14-21(20)26-32(2,29)30)25-27(23)24(28)17-9-4-3-5-10-17/h3-15,23,26H,16H2,1-2H3/t23-/m1/s1. The van der Waals surface area contributed by atoms with Crippen molar-refractivity contribution in [2.45, 2.75) is 12.5 Å². The van der Waals surface area contributed by atoms with Crippen LogP contribution in [0.15, 0.2) is 84.0 Å². The third-order valence-corrected chi connectivity index (χ3v) is 5.74. The Balaban J connectivity index is 1.78. The molecule has 0 fully saturated rings. The topological polar surface area (TPSA) is 88.1 Å². The zero-order chi connectivity index (χ0) is 22.7. The van der Waals surface area contributed by atoms with Gasteiger partial charge in [-0.25, -0.2) is 13.4 Å². The minimum atomic E-state index is -3.48. The Hall–Kier alpha value is -3.65. The molecule has 1 heterocycles. The van der Waals surface area contributed by atoms with E-state index in [0.717, 1.165) is 11.8 Å². The van der Waals surface area contributed by atoms with Crippen LogP contribution in [0.1, 0.15) is 33.9 Å². The highest BCUT2D eigenvalue weighted by molar-refractivity contribution is 7.92. The molecule has 1 atom stereocenters. The van der Waals surface area contributed by atoms with Gasteiger partial charge in [0.1, 0.15) is 5.75 Å². The SMILES string of the molecule is COc1cccc([C@H]2CC(c3ccccc3NS(C)(=O)=O)=NN2C(=O)c2ccccc2)c1. The predicted octanol–water partition coefficient (Wildman–Crippen LogP) is 4.06. The van der Waals surface area contributed by atoms with Gasteiger partial charge < -0.3 is 4.74 Å². The van der Waals surface area contributed by atoms with E-state index < -0.39 is 10.0 Å². The Bertz CT molecular complexity index is 1270. The summed E-state index contributed by atoms with van der Waals surface area (Å²) < 4.78 is 31.6. The van der Waals surface area contributed by atoms with Crippen molar-refractivity contribution in [2.75, 3.05) is 18.1 Å². The average molecular weight is 450 g/mol. The number of rotatable bonds is 6. The molecule has 0 unspecified atom stereocenters. The molecule has 0 radical (unpaired) electrons. The smallest absolute Gasteiger partial charge is 0.274 e. The third-order valence-electron chi connectivity index (χ3n) is 5.15. The van der Waals surface area contributed by atoms with Crippen LogP contribution in [0.25, 0.3) is 0 Å². The number of sulfonamides is 1. The summed E-state index contributed by atoms with van der Waals surface area (Å²) in [6.45, 7) is 0. The van der Waals surface area contributed by atoms with Gasteiger partial charge in [0.05, 0.1) is 30.8 Å². The maximum atomic E-state index is 13.4. The fraction of sp³-hybridized carbons (Fsp3) is 0.167. The second kappa shape index (κ2) is 8.84. The number of para-hydroxylation sites is 1. The molecule has 0 spiro atoms. The van der Waals surface area contributed by atoms with E-state index in [-0.39, 0.29) is 11.9 Å². The molecule has 164 valence electrons. The third kappa shape index (κ3) is 4.65. The largest absolute Gasteiger partial charge is 0.497 e.